The number of anilines is 1. The number of hydrogen-bond acceptors (Lipinski definition) is 2. The molecular weight excluding hydrogens is 288 g/mol. The van der Waals surface area contributed by atoms with E-state index in [2.05, 4.69) is 19.9 Å². The number of rotatable bonds is 3. The molecule has 2 saturated heterocycles. The third-order valence-electron chi connectivity index (χ3n) is 5.23. The van der Waals surface area contributed by atoms with Gasteiger partial charge < -0.3 is 9.80 Å². The topological polar surface area (TPSA) is 40.6 Å². The molecular formula is C19H26N2O2. The largest absolute Gasteiger partial charge is 0.342 e. The van der Waals surface area contributed by atoms with Gasteiger partial charge in [0, 0.05) is 31.7 Å². The molecule has 0 aliphatic carbocycles. The molecule has 1 aromatic rings. The third kappa shape index (κ3) is 3.26. The van der Waals surface area contributed by atoms with E-state index >= 15 is 0 Å². The van der Waals surface area contributed by atoms with E-state index in [1.54, 1.807) is 0 Å². The normalized spacial score (nSPS) is 22.7. The molecule has 3 rings (SSSR count). The molecule has 2 amide bonds. The summed E-state index contributed by atoms with van der Waals surface area (Å²) in [5.41, 5.74) is 2.14. The number of nitrogens with zero attached hydrogens (tertiary/aromatic N) is 2. The van der Waals surface area contributed by atoms with Crippen LogP contribution in [0, 0.1) is 11.8 Å². The van der Waals surface area contributed by atoms with Gasteiger partial charge in [0.05, 0.1) is 5.92 Å². The summed E-state index contributed by atoms with van der Waals surface area (Å²) in [4.78, 5) is 29.0. The van der Waals surface area contributed by atoms with Crippen LogP contribution in [-0.2, 0) is 16.0 Å². The van der Waals surface area contributed by atoms with Crippen molar-refractivity contribution in [3.8, 4) is 0 Å². The molecule has 124 valence electrons. The van der Waals surface area contributed by atoms with Crippen LogP contribution in [0.1, 0.15) is 38.7 Å². The standard InChI is InChI=1S/C19H26N2O2/c1-3-15-6-4-5-7-17(15)21-13-16(12-18(21)22)19(23)20-10-8-14(2)9-11-20/h4-7,14,16H,3,8-13H2,1-2H3. The molecule has 2 aliphatic rings. The predicted molar refractivity (Wildman–Crippen MR) is 91.3 cm³/mol. The first-order valence-corrected chi connectivity index (χ1v) is 8.77. The van der Waals surface area contributed by atoms with Gasteiger partial charge in [-0.2, -0.15) is 0 Å². The van der Waals surface area contributed by atoms with Crippen molar-refractivity contribution in [3.05, 3.63) is 29.8 Å². The Bertz CT molecular complexity index is 591. The van der Waals surface area contributed by atoms with E-state index in [4.69, 9.17) is 0 Å². The number of amides is 2. The second kappa shape index (κ2) is 6.73. The van der Waals surface area contributed by atoms with Crippen LogP contribution in [0.4, 0.5) is 5.69 Å². The summed E-state index contributed by atoms with van der Waals surface area (Å²) in [6.45, 7) is 6.55. The summed E-state index contributed by atoms with van der Waals surface area (Å²) in [5.74, 6) is 0.773. The number of likely N-dealkylation sites (tertiary alicyclic amines) is 1. The molecule has 2 heterocycles. The van der Waals surface area contributed by atoms with Gasteiger partial charge in [0.15, 0.2) is 0 Å². The lowest BCUT2D eigenvalue weighted by molar-refractivity contribution is -0.137. The Kier molecular flexibility index (Phi) is 4.69. The van der Waals surface area contributed by atoms with Gasteiger partial charge in [-0.05, 0) is 36.8 Å². The number of hydrogen-bond donors (Lipinski definition) is 0. The minimum Gasteiger partial charge on any atom is -0.342 e. The maximum Gasteiger partial charge on any atom is 0.228 e. The summed E-state index contributed by atoms with van der Waals surface area (Å²) in [6, 6.07) is 8.01. The highest BCUT2D eigenvalue weighted by atomic mass is 16.2. The lowest BCUT2D eigenvalue weighted by atomic mass is 9.97. The van der Waals surface area contributed by atoms with Crippen LogP contribution < -0.4 is 4.90 Å². The molecule has 0 saturated carbocycles. The Hall–Kier alpha value is -1.84. The van der Waals surface area contributed by atoms with Crippen molar-refractivity contribution in [1.29, 1.82) is 0 Å². The Morgan fingerprint density at radius 2 is 1.91 bits per heavy atom. The van der Waals surface area contributed by atoms with E-state index in [9.17, 15) is 9.59 Å². The lowest BCUT2D eigenvalue weighted by Crippen LogP contribution is -2.42. The van der Waals surface area contributed by atoms with Crippen molar-refractivity contribution in [3.63, 3.8) is 0 Å². The van der Waals surface area contributed by atoms with Gasteiger partial charge >= 0.3 is 0 Å². The number of carbonyl (C=O) groups excluding carboxylic acids is 2. The molecule has 0 bridgehead atoms. The molecule has 2 fully saturated rings. The Labute approximate surface area is 138 Å². The highest BCUT2D eigenvalue weighted by Crippen LogP contribution is 2.30. The van der Waals surface area contributed by atoms with Crippen LogP contribution >= 0.6 is 0 Å². The van der Waals surface area contributed by atoms with Gasteiger partial charge in [-0.3, -0.25) is 9.59 Å². The SMILES string of the molecule is CCc1ccccc1N1CC(C(=O)N2CCC(C)CC2)CC1=O. The molecule has 4 nitrogen and oxygen atoms in total. The van der Waals surface area contributed by atoms with Crippen LogP contribution in [-0.4, -0.2) is 36.3 Å². The highest BCUT2D eigenvalue weighted by Gasteiger charge is 2.38. The van der Waals surface area contributed by atoms with Crippen molar-refractivity contribution in [1.82, 2.24) is 4.90 Å². The van der Waals surface area contributed by atoms with Gasteiger partial charge in [0.25, 0.3) is 0 Å². The fraction of sp³-hybridized carbons (Fsp3) is 0.579. The fourth-order valence-electron chi connectivity index (χ4n) is 3.67. The zero-order valence-corrected chi connectivity index (χ0v) is 14.1. The summed E-state index contributed by atoms with van der Waals surface area (Å²) < 4.78 is 0. The van der Waals surface area contributed by atoms with Gasteiger partial charge in [0.1, 0.15) is 0 Å². The molecule has 0 spiro atoms. The number of carbonyl (C=O) groups is 2. The first-order valence-electron chi connectivity index (χ1n) is 8.77. The first kappa shape index (κ1) is 16.0. The Morgan fingerprint density at radius 3 is 2.61 bits per heavy atom. The number of para-hydroxylation sites is 1. The van der Waals surface area contributed by atoms with Crippen molar-refractivity contribution in [2.45, 2.75) is 39.5 Å². The molecule has 4 heteroatoms. The van der Waals surface area contributed by atoms with Crippen LogP contribution in [0.3, 0.4) is 0 Å². The second-order valence-electron chi connectivity index (χ2n) is 6.90. The van der Waals surface area contributed by atoms with E-state index in [1.165, 1.54) is 5.56 Å². The van der Waals surface area contributed by atoms with Gasteiger partial charge in [-0.25, -0.2) is 0 Å². The molecule has 0 radical (unpaired) electrons. The van der Waals surface area contributed by atoms with Crippen LogP contribution in [0.15, 0.2) is 24.3 Å². The Morgan fingerprint density at radius 1 is 1.22 bits per heavy atom. The molecule has 0 N–H and O–H groups in total. The number of piperidine rings is 1. The molecule has 1 unspecified atom stereocenters. The zero-order valence-electron chi connectivity index (χ0n) is 14.1. The van der Waals surface area contributed by atoms with Gasteiger partial charge in [0.2, 0.25) is 11.8 Å². The first-order chi connectivity index (χ1) is 11.1. The van der Waals surface area contributed by atoms with E-state index in [0.29, 0.717) is 18.9 Å². The van der Waals surface area contributed by atoms with Crippen molar-refractivity contribution < 1.29 is 9.59 Å². The van der Waals surface area contributed by atoms with Crippen LogP contribution in [0.2, 0.25) is 0 Å². The monoisotopic (exact) mass is 314 g/mol. The van der Waals surface area contributed by atoms with E-state index in [-0.39, 0.29) is 17.7 Å². The summed E-state index contributed by atoms with van der Waals surface area (Å²) in [7, 11) is 0. The van der Waals surface area contributed by atoms with E-state index < -0.39 is 0 Å². The average molecular weight is 314 g/mol. The quantitative estimate of drug-likeness (QED) is 0.861. The summed E-state index contributed by atoms with van der Waals surface area (Å²) in [5, 5.41) is 0. The van der Waals surface area contributed by atoms with Gasteiger partial charge in [-0.1, -0.05) is 32.0 Å². The van der Waals surface area contributed by atoms with Crippen LogP contribution in [0.5, 0.6) is 0 Å². The molecule has 2 aliphatic heterocycles. The minimum absolute atomic E-state index is 0.0784. The molecule has 0 aromatic heterocycles. The fourth-order valence-corrected chi connectivity index (χ4v) is 3.67. The average Bonchev–Trinajstić information content (AvgIpc) is 2.96. The van der Waals surface area contributed by atoms with Crippen molar-refractivity contribution >= 4 is 17.5 Å². The molecule has 1 aromatic carbocycles. The van der Waals surface area contributed by atoms with Crippen molar-refractivity contribution in [2.75, 3.05) is 24.5 Å². The third-order valence-corrected chi connectivity index (χ3v) is 5.23. The van der Waals surface area contributed by atoms with E-state index in [1.807, 2.05) is 28.0 Å². The summed E-state index contributed by atoms with van der Waals surface area (Å²) in [6.07, 6.45) is 3.40. The molecule has 1 atom stereocenters. The minimum atomic E-state index is -0.180. The lowest BCUT2D eigenvalue weighted by Gasteiger charge is -2.32. The van der Waals surface area contributed by atoms with E-state index in [0.717, 1.165) is 38.0 Å². The van der Waals surface area contributed by atoms with Crippen molar-refractivity contribution in [2.24, 2.45) is 11.8 Å². The van der Waals surface area contributed by atoms with Gasteiger partial charge in [-0.15, -0.1) is 0 Å². The second-order valence-corrected chi connectivity index (χ2v) is 6.90. The summed E-state index contributed by atoms with van der Waals surface area (Å²) >= 11 is 0. The highest BCUT2D eigenvalue weighted by molar-refractivity contribution is 6.00. The maximum atomic E-state index is 12.7. The predicted octanol–water partition coefficient (Wildman–Crippen LogP) is 2.86. The van der Waals surface area contributed by atoms with Crippen LogP contribution in [0.25, 0.3) is 0 Å². The Balaban J connectivity index is 1.71. The number of benzene rings is 1. The number of aryl methyl sites for hydroxylation is 1. The zero-order chi connectivity index (χ0) is 16.4. The maximum absolute atomic E-state index is 12.7. The molecule has 23 heavy (non-hydrogen) atoms. The smallest absolute Gasteiger partial charge is 0.228 e.